The average molecular weight is 603 g/mol. The van der Waals surface area contributed by atoms with Crippen LogP contribution in [0.25, 0.3) is 44.8 Å². The van der Waals surface area contributed by atoms with Gasteiger partial charge in [-0.3, -0.25) is 9.52 Å². The number of hydrogen-bond acceptors (Lipinski definition) is 7. The normalized spacial score (nSPS) is 11.7. The second-order valence-electron chi connectivity index (χ2n) is 9.72. The van der Waals surface area contributed by atoms with Gasteiger partial charge >= 0.3 is 0 Å². The molecular weight excluding hydrogens is 578 g/mol. The number of halogens is 2. The monoisotopic (exact) mass is 602 g/mol. The van der Waals surface area contributed by atoms with E-state index in [1.807, 2.05) is 0 Å². The molecule has 9 nitrogen and oxygen atoms in total. The molecule has 0 atom stereocenters. The molecule has 0 aliphatic carbocycles. The number of oxazole rings is 1. The lowest BCUT2D eigenvalue weighted by atomic mass is 10.0. The van der Waals surface area contributed by atoms with E-state index in [4.69, 9.17) is 8.83 Å². The Balaban J connectivity index is 1.51. The molecule has 0 aliphatic heterocycles. The molecule has 0 bridgehead atoms. The Hall–Kier alpha value is -5.10. The number of carbonyl (C=O) groups is 1. The number of amides is 1. The summed E-state index contributed by atoms with van der Waals surface area (Å²) in [6.45, 7) is 1.51. The maximum atomic E-state index is 13.6. The fourth-order valence-corrected chi connectivity index (χ4v) is 5.35. The predicted molar refractivity (Wildman–Crippen MR) is 158 cm³/mol. The van der Waals surface area contributed by atoms with Gasteiger partial charge in [0.05, 0.1) is 22.7 Å². The van der Waals surface area contributed by atoms with Crippen molar-refractivity contribution >= 4 is 43.8 Å². The van der Waals surface area contributed by atoms with Gasteiger partial charge in [0, 0.05) is 36.0 Å². The van der Waals surface area contributed by atoms with Gasteiger partial charge in [-0.15, -0.1) is 0 Å². The number of anilines is 1. The molecule has 12 heteroatoms. The SMILES string of the molecule is CCS(=O)(=O)Nc1cc2oc(-c3ccc(F)cc3)c(C(=O)NC)c2cc1-c1ccc2oc(Cc3ccc(F)cc3)nc2n1. The minimum absolute atomic E-state index is 0.180. The summed E-state index contributed by atoms with van der Waals surface area (Å²) >= 11 is 0. The van der Waals surface area contributed by atoms with Crippen molar-refractivity contribution in [2.75, 3.05) is 17.5 Å². The summed E-state index contributed by atoms with van der Waals surface area (Å²) in [4.78, 5) is 22.2. The Kier molecular flexibility index (Phi) is 7.14. The van der Waals surface area contributed by atoms with Gasteiger partial charge in [-0.2, -0.15) is 4.98 Å². The number of aromatic nitrogens is 2. The number of carbonyl (C=O) groups excluding carboxylic acids is 1. The number of nitrogens with zero attached hydrogens (tertiary/aromatic N) is 2. The van der Waals surface area contributed by atoms with E-state index in [0.717, 1.165) is 5.56 Å². The van der Waals surface area contributed by atoms with Gasteiger partial charge in [-0.25, -0.2) is 22.2 Å². The molecule has 3 aromatic heterocycles. The van der Waals surface area contributed by atoms with Crippen LogP contribution >= 0.6 is 0 Å². The highest BCUT2D eigenvalue weighted by atomic mass is 32.2. The zero-order valence-electron chi connectivity index (χ0n) is 22.9. The standard InChI is InChI=1S/C31H24F2N4O5S/c1-3-43(39,40)37-24-16-26-22(28(31(38)34-2)29(42-26)18-6-10-20(33)11-7-18)15-21(24)23-12-13-25-30(35-23)36-27(41-25)14-17-4-8-19(32)9-5-17/h4-13,15-16,37H,3,14H2,1-2H3,(H,34,38). The van der Waals surface area contributed by atoms with Crippen molar-refractivity contribution in [3.05, 3.63) is 101 Å². The Morgan fingerprint density at radius 3 is 2.26 bits per heavy atom. The third kappa shape index (κ3) is 5.56. The molecule has 0 unspecified atom stereocenters. The summed E-state index contributed by atoms with van der Waals surface area (Å²) < 4.78 is 66.8. The first-order chi connectivity index (χ1) is 20.6. The number of pyridine rings is 1. The molecule has 1 amide bonds. The number of nitrogens with one attached hydrogen (secondary N) is 2. The third-order valence-electron chi connectivity index (χ3n) is 6.88. The number of benzene rings is 3. The van der Waals surface area contributed by atoms with Crippen LogP contribution in [0.3, 0.4) is 0 Å². The summed E-state index contributed by atoms with van der Waals surface area (Å²) in [7, 11) is -2.25. The van der Waals surface area contributed by atoms with E-state index in [2.05, 4.69) is 20.0 Å². The second-order valence-corrected chi connectivity index (χ2v) is 11.7. The Morgan fingerprint density at radius 2 is 1.58 bits per heavy atom. The fourth-order valence-electron chi connectivity index (χ4n) is 4.70. The maximum Gasteiger partial charge on any atom is 0.255 e. The third-order valence-corrected chi connectivity index (χ3v) is 8.17. The summed E-state index contributed by atoms with van der Waals surface area (Å²) in [6.07, 6.45) is 0.316. The van der Waals surface area contributed by atoms with Gasteiger partial charge in [-0.05, 0) is 67.1 Å². The Labute approximate surface area is 244 Å². The van der Waals surface area contributed by atoms with Gasteiger partial charge in [0.15, 0.2) is 11.2 Å². The fraction of sp³-hybridized carbons (Fsp3) is 0.129. The Bertz CT molecular complexity index is 2110. The van der Waals surface area contributed by atoms with Crippen molar-refractivity contribution in [2.24, 2.45) is 0 Å². The molecule has 2 N–H and O–H groups in total. The zero-order chi connectivity index (χ0) is 30.3. The smallest absolute Gasteiger partial charge is 0.255 e. The molecular formula is C31H24F2N4O5S. The summed E-state index contributed by atoms with van der Waals surface area (Å²) in [5, 5.41) is 3.00. The predicted octanol–water partition coefficient (Wildman–Crippen LogP) is 6.29. The van der Waals surface area contributed by atoms with Crippen LogP contribution in [-0.2, 0) is 16.4 Å². The molecule has 43 heavy (non-hydrogen) atoms. The van der Waals surface area contributed by atoms with Crippen molar-refractivity contribution in [1.29, 1.82) is 0 Å². The van der Waals surface area contributed by atoms with Crippen LogP contribution in [-0.4, -0.2) is 37.1 Å². The van der Waals surface area contributed by atoms with Crippen LogP contribution in [0.4, 0.5) is 14.5 Å². The minimum Gasteiger partial charge on any atom is -0.455 e. The number of sulfonamides is 1. The van der Waals surface area contributed by atoms with Gasteiger partial charge in [0.2, 0.25) is 15.9 Å². The number of rotatable bonds is 8. The minimum atomic E-state index is -3.73. The second kappa shape index (κ2) is 11.0. The molecule has 0 fully saturated rings. The van der Waals surface area contributed by atoms with Crippen molar-refractivity contribution in [1.82, 2.24) is 15.3 Å². The molecule has 6 aromatic rings. The highest BCUT2D eigenvalue weighted by molar-refractivity contribution is 7.92. The first-order valence-electron chi connectivity index (χ1n) is 13.2. The van der Waals surface area contributed by atoms with Crippen molar-refractivity contribution in [3.63, 3.8) is 0 Å². The lowest BCUT2D eigenvalue weighted by molar-refractivity contribution is 0.0964. The topological polar surface area (TPSA) is 127 Å². The van der Waals surface area contributed by atoms with Gasteiger partial charge < -0.3 is 14.2 Å². The molecule has 3 aromatic carbocycles. The maximum absolute atomic E-state index is 13.6. The van der Waals surface area contributed by atoms with E-state index in [1.54, 1.807) is 30.3 Å². The van der Waals surface area contributed by atoms with E-state index < -0.39 is 21.7 Å². The van der Waals surface area contributed by atoms with Crippen LogP contribution < -0.4 is 10.0 Å². The van der Waals surface area contributed by atoms with Crippen LogP contribution in [0.1, 0.15) is 28.7 Å². The molecule has 0 aliphatic rings. The molecule has 0 saturated heterocycles. The largest absolute Gasteiger partial charge is 0.455 e. The van der Waals surface area contributed by atoms with Crippen molar-refractivity contribution in [3.8, 4) is 22.6 Å². The highest BCUT2D eigenvalue weighted by Gasteiger charge is 2.25. The number of fused-ring (bicyclic) bond motifs is 2. The first kappa shape index (κ1) is 28.0. The lowest BCUT2D eigenvalue weighted by Gasteiger charge is -2.12. The van der Waals surface area contributed by atoms with Crippen molar-refractivity contribution in [2.45, 2.75) is 13.3 Å². The molecule has 0 spiro atoms. The van der Waals surface area contributed by atoms with Crippen LogP contribution in [0, 0.1) is 11.6 Å². The first-order valence-corrected chi connectivity index (χ1v) is 14.9. The average Bonchev–Trinajstić information content (AvgIpc) is 3.57. The highest BCUT2D eigenvalue weighted by Crippen LogP contribution is 2.40. The molecule has 6 rings (SSSR count). The Morgan fingerprint density at radius 1 is 0.884 bits per heavy atom. The van der Waals surface area contributed by atoms with E-state index in [-0.39, 0.29) is 39.8 Å². The zero-order valence-corrected chi connectivity index (χ0v) is 23.8. The summed E-state index contributed by atoms with van der Waals surface area (Å²) in [5.74, 6) is -0.863. The van der Waals surface area contributed by atoms with Gasteiger partial charge in [0.25, 0.3) is 5.91 Å². The lowest BCUT2D eigenvalue weighted by Crippen LogP contribution is -2.18. The van der Waals surface area contributed by atoms with Gasteiger partial charge in [-0.1, -0.05) is 12.1 Å². The van der Waals surface area contributed by atoms with Crippen LogP contribution in [0.2, 0.25) is 0 Å². The van der Waals surface area contributed by atoms with E-state index >= 15 is 0 Å². The van der Waals surface area contributed by atoms with Crippen LogP contribution in [0.5, 0.6) is 0 Å². The van der Waals surface area contributed by atoms with Crippen molar-refractivity contribution < 1.29 is 30.8 Å². The van der Waals surface area contributed by atoms with E-state index in [9.17, 15) is 22.0 Å². The number of hydrogen-bond donors (Lipinski definition) is 2. The van der Waals surface area contributed by atoms with E-state index in [1.165, 1.54) is 56.4 Å². The van der Waals surface area contributed by atoms with E-state index in [0.29, 0.717) is 40.1 Å². The quantitative estimate of drug-likeness (QED) is 0.210. The van der Waals surface area contributed by atoms with Gasteiger partial charge in [0.1, 0.15) is 23.0 Å². The van der Waals surface area contributed by atoms with Crippen LogP contribution in [0.15, 0.2) is 81.6 Å². The summed E-state index contributed by atoms with van der Waals surface area (Å²) in [5.41, 5.74) is 3.29. The molecule has 218 valence electrons. The molecule has 0 saturated carbocycles. The molecule has 0 radical (unpaired) electrons. The molecule has 3 heterocycles. The summed E-state index contributed by atoms with van der Waals surface area (Å²) in [6, 6.07) is 17.9. The number of furan rings is 1.